The maximum atomic E-state index is 14.8. The number of hydrogen-bond donors (Lipinski definition) is 4. The van der Waals surface area contributed by atoms with Gasteiger partial charge in [0.1, 0.15) is 29.9 Å². The van der Waals surface area contributed by atoms with Crippen molar-refractivity contribution in [3.8, 4) is 0 Å². The normalized spacial score (nSPS) is 20.5. The lowest BCUT2D eigenvalue weighted by Gasteiger charge is -2.38. The largest absolute Gasteiger partial charge is 0.342 e. The fraction of sp³-hybridized carbons (Fsp3) is 0.605. The van der Waals surface area contributed by atoms with Gasteiger partial charge in [0.15, 0.2) is 0 Å². The summed E-state index contributed by atoms with van der Waals surface area (Å²) in [5, 5.41) is 8.97. The summed E-state index contributed by atoms with van der Waals surface area (Å²) in [5.74, 6) is -0.231. The van der Waals surface area contributed by atoms with Gasteiger partial charge in [-0.25, -0.2) is 4.98 Å². The third-order valence-corrected chi connectivity index (χ3v) is 14.2. The van der Waals surface area contributed by atoms with Crippen molar-refractivity contribution in [3.05, 3.63) is 54.6 Å². The Bertz CT molecular complexity index is 1570. The molecule has 5 rings (SSSR count). The van der Waals surface area contributed by atoms with Crippen molar-refractivity contribution in [1.29, 1.82) is 0 Å². The average Bonchev–Trinajstić information content (AvgIpc) is 3.53. The van der Waals surface area contributed by atoms with Gasteiger partial charge >= 0.3 is 0 Å². The molecule has 3 aliphatic rings. The summed E-state index contributed by atoms with van der Waals surface area (Å²) in [6.07, 6.45) is 11.4. The molecule has 2 aromatic rings. The number of aromatic nitrogens is 2. The number of nitrogens with one attached hydrogen (secondary N) is 4. The molecule has 1 aliphatic carbocycles. The minimum Gasteiger partial charge on any atom is -0.342 e. The van der Waals surface area contributed by atoms with Crippen LogP contribution in [0.15, 0.2) is 53.8 Å². The van der Waals surface area contributed by atoms with Crippen molar-refractivity contribution in [2.24, 2.45) is 11.3 Å². The van der Waals surface area contributed by atoms with E-state index < -0.39 is 41.4 Å². The second-order valence-electron chi connectivity index (χ2n) is 15.1. The Hall–Kier alpha value is -3.30. The highest BCUT2D eigenvalue weighted by molar-refractivity contribution is 8.18. The van der Waals surface area contributed by atoms with Gasteiger partial charge in [-0.15, -0.1) is 23.5 Å². The summed E-state index contributed by atoms with van der Waals surface area (Å²) in [5.41, 5.74) is -0.626. The zero-order valence-electron chi connectivity index (χ0n) is 31.1. The first kappa shape index (κ1) is 40.9. The molecule has 4 atom stereocenters. The van der Waals surface area contributed by atoms with Crippen LogP contribution in [0.5, 0.6) is 0 Å². The topological polar surface area (TPSA) is 162 Å². The number of carbonyl (C=O) groups excluding carboxylic acids is 5. The molecule has 3 heterocycles. The zero-order valence-corrected chi connectivity index (χ0v) is 33.5. The van der Waals surface area contributed by atoms with Gasteiger partial charge in [-0.1, -0.05) is 71.6 Å². The molecule has 15 heteroatoms. The van der Waals surface area contributed by atoms with E-state index in [9.17, 15) is 24.0 Å². The zero-order chi connectivity index (χ0) is 38.0. The summed E-state index contributed by atoms with van der Waals surface area (Å²) in [7, 11) is 0. The summed E-state index contributed by atoms with van der Waals surface area (Å²) >= 11 is 4.75. The van der Waals surface area contributed by atoms with Crippen LogP contribution >= 0.6 is 35.5 Å². The Labute approximate surface area is 325 Å². The number of rotatable bonds is 13. The van der Waals surface area contributed by atoms with E-state index >= 15 is 0 Å². The van der Waals surface area contributed by atoms with Crippen LogP contribution in [0.2, 0.25) is 0 Å². The highest BCUT2D eigenvalue weighted by Gasteiger charge is 2.53. The number of likely N-dealkylation sites (tertiary alicyclic amines) is 1. The minimum atomic E-state index is -0.990. The monoisotopic (exact) mass is 783 g/mol. The van der Waals surface area contributed by atoms with Crippen molar-refractivity contribution in [1.82, 2.24) is 35.5 Å². The Morgan fingerprint density at radius 1 is 0.943 bits per heavy atom. The van der Waals surface area contributed by atoms with Crippen LogP contribution in [0, 0.1) is 11.3 Å². The maximum Gasteiger partial charge on any atom is 0.272 e. The first-order valence-corrected chi connectivity index (χ1v) is 21.5. The van der Waals surface area contributed by atoms with Crippen LogP contribution in [0.1, 0.15) is 96.0 Å². The SMILES string of the molecule is CCC[C@H](NC(=O)[C@@H]1CC2(CN1C(=O)[C@@H](NC(=O)[C@@H](NC(=O)c1cnccn1)C1CCCCC1)C(C)(C)C)SCCCS2)C(=O)NSc1ccccc1. The molecule has 5 amide bonds. The molecule has 0 bridgehead atoms. The number of benzene rings is 1. The molecule has 4 N–H and O–H groups in total. The van der Waals surface area contributed by atoms with Gasteiger partial charge in [0, 0.05) is 30.3 Å². The molecule has 2 aliphatic heterocycles. The Morgan fingerprint density at radius 3 is 2.30 bits per heavy atom. The molecule has 0 unspecified atom stereocenters. The third kappa shape index (κ3) is 10.9. The summed E-state index contributed by atoms with van der Waals surface area (Å²) < 4.78 is 2.51. The molecular weight excluding hydrogens is 731 g/mol. The maximum absolute atomic E-state index is 14.8. The van der Waals surface area contributed by atoms with Gasteiger partial charge < -0.3 is 20.9 Å². The smallest absolute Gasteiger partial charge is 0.272 e. The van der Waals surface area contributed by atoms with E-state index in [2.05, 4.69) is 30.6 Å². The van der Waals surface area contributed by atoms with Gasteiger partial charge in [0.05, 0.1) is 10.3 Å². The van der Waals surface area contributed by atoms with E-state index in [1.807, 2.05) is 58.0 Å². The van der Waals surface area contributed by atoms with Crippen molar-refractivity contribution in [2.45, 2.75) is 119 Å². The number of hydrogen-bond acceptors (Lipinski definition) is 10. The average molecular weight is 784 g/mol. The molecule has 1 saturated carbocycles. The van der Waals surface area contributed by atoms with Crippen LogP contribution < -0.4 is 20.7 Å². The molecule has 288 valence electrons. The highest BCUT2D eigenvalue weighted by Crippen LogP contribution is 2.50. The fourth-order valence-electron chi connectivity index (χ4n) is 7.17. The summed E-state index contributed by atoms with van der Waals surface area (Å²) in [6.45, 7) is 7.97. The van der Waals surface area contributed by atoms with E-state index in [-0.39, 0.29) is 33.4 Å². The quantitative estimate of drug-likeness (QED) is 0.204. The number of nitrogens with zero attached hydrogens (tertiary/aromatic N) is 3. The molecule has 12 nitrogen and oxygen atoms in total. The second kappa shape index (κ2) is 18.8. The van der Waals surface area contributed by atoms with E-state index in [1.54, 1.807) is 28.4 Å². The van der Waals surface area contributed by atoms with Crippen molar-refractivity contribution < 1.29 is 24.0 Å². The van der Waals surface area contributed by atoms with Crippen LogP contribution in [-0.2, 0) is 19.2 Å². The van der Waals surface area contributed by atoms with E-state index in [0.717, 1.165) is 54.9 Å². The number of amides is 5. The number of thioether (sulfide) groups is 2. The molecule has 1 aromatic heterocycles. The first-order valence-electron chi connectivity index (χ1n) is 18.7. The lowest BCUT2D eigenvalue weighted by Crippen LogP contribution is -2.62. The second-order valence-corrected chi connectivity index (χ2v) is 19.2. The van der Waals surface area contributed by atoms with Crippen molar-refractivity contribution >= 4 is 65.0 Å². The molecular formula is C38H53N7O5S3. The Kier molecular flexibility index (Phi) is 14.5. The van der Waals surface area contributed by atoms with Crippen LogP contribution in [-0.4, -0.2) is 90.7 Å². The highest BCUT2D eigenvalue weighted by atomic mass is 32.2. The molecule has 0 radical (unpaired) electrons. The third-order valence-electron chi connectivity index (χ3n) is 10.0. The standard InChI is InChI=1S/C38H53N7O5S3/c1-5-13-27(33(47)44-53-26-16-10-7-11-17-26)41-34(48)29-22-38(51-20-12-21-52-38)24-45(29)36(50)31(37(2,3)4)43-35(49)30(25-14-8-6-9-15-25)42-32(46)28-23-39-18-19-40-28/h7,10-11,16-19,23,25,27,29-31H,5-6,8-9,12-15,20-22,24H2,1-4H3,(H,41,48)(H,42,46)(H,43,49)(H,44,47)/t27-,29-,30-,31+/m0/s1. The van der Waals surface area contributed by atoms with Crippen LogP contribution in [0.4, 0.5) is 0 Å². The lowest BCUT2D eigenvalue weighted by atomic mass is 9.82. The minimum absolute atomic E-state index is 0.106. The van der Waals surface area contributed by atoms with E-state index in [4.69, 9.17) is 0 Å². The van der Waals surface area contributed by atoms with E-state index in [0.29, 0.717) is 25.8 Å². The molecule has 53 heavy (non-hydrogen) atoms. The van der Waals surface area contributed by atoms with Gasteiger partial charge in [0.2, 0.25) is 17.7 Å². The summed E-state index contributed by atoms with van der Waals surface area (Å²) in [4.78, 5) is 80.6. The van der Waals surface area contributed by atoms with Gasteiger partial charge in [-0.05, 0) is 72.6 Å². The lowest BCUT2D eigenvalue weighted by molar-refractivity contribution is -0.144. The molecule has 2 saturated heterocycles. The van der Waals surface area contributed by atoms with Gasteiger partial charge in [0.25, 0.3) is 11.8 Å². The van der Waals surface area contributed by atoms with Crippen LogP contribution in [0.25, 0.3) is 0 Å². The van der Waals surface area contributed by atoms with Crippen LogP contribution in [0.3, 0.4) is 0 Å². The molecule has 1 spiro atoms. The van der Waals surface area contributed by atoms with Gasteiger partial charge in [-0.2, -0.15) is 0 Å². The fourth-order valence-corrected chi connectivity index (χ4v) is 11.2. The van der Waals surface area contributed by atoms with Gasteiger partial charge in [-0.3, -0.25) is 33.7 Å². The van der Waals surface area contributed by atoms with E-state index in [1.165, 1.54) is 30.5 Å². The Balaban J connectivity index is 1.37. The first-order chi connectivity index (χ1) is 25.4. The number of carbonyl (C=O) groups is 5. The predicted molar refractivity (Wildman–Crippen MR) is 211 cm³/mol. The van der Waals surface area contributed by atoms with Crippen molar-refractivity contribution in [3.63, 3.8) is 0 Å². The molecule has 3 fully saturated rings. The van der Waals surface area contributed by atoms with Crippen molar-refractivity contribution in [2.75, 3.05) is 18.1 Å². The predicted octanol–water partition coefficient (Wildman–Crippen LogP) is 4.96. The summed E-state index contributed by atoms with van der Waals surface area (Å²) in [6, 6.07) is 6.00. The Morgan fingerprint density at radius 2 is 1.66 bits per heavy atom. The molecule has 1 aromatic carbocycles.